The van der Waals surface area contributed by atoms with Gasteiger partial charge in [-0.15, -0.1) is 11.3 Å². The number of carbonyl (C=O) groups is 1. The van der Waals surface area contributed by atoms with E-state index in [0.717, 1.165) is 16.0 Å². The van der Waals surface area contributed by atoms with Gasteiger partial charge in [-0.25, -0.2) is 8.42 Å². The molecular formula is C23H21N3O4S2. The molecule has 3 N–H and O–H groups in total. The molecule has 32 heavy (non-hydrogen) atoms. The first-order valence-corrected chi connectivity index (χ1v) is 12.2. The Morgan fingerprint density at radius 3 is 2.50 bits per heavy atom. The van der Waals surface area contributed by atoms with E-state index in [-0.39, 0.29) is 15.8 Å². The van der Waals surface area contributed by atoms with Gasteiger partial charge in [-0.2, -0.15) is 0 Å². The van der Waals surface area contributed by atoms with E-state index in [9.17, 15) is 18.0 Å². The summed E-state index contributed by atoms with van der Waals surface area (Å²) in [5.41, 5.74) is 2.12. The first-order chi connectivity index (χ1) is 15.2. The molecule has 2 aromatic heterocycles. The number of fused-ring (bicyclic) bond motifs is 1. The highest BCUT2D eigenvalue weighted by Gasteiger charge is 2.18. The van der Waals surface area contributed by atoms with Crippen molar-refractivity contribution in [2.45, 2.75) is 25.3 Å². The number of hydrogen-bond donors (Lipinski definition) is 3. The summed E-state index contributed by atoms with van der Waals surface area (Å²) in [6.07, 6.45) is 1.34. The normalized spacial score (nSPS) is 11.4. The number of aromatic amines is 1. The minimum Gasteiger partial charge on any atom is -0.360 e. The number of rotatable bonds is 6. The van der Waals surface area contributed by atoms with Crippen LogP contribution in [0, 0.1) is 13.8 Å². The third kappa shape index (κ3) is 4.58. The summed E-state index contributed by atoms with van der Waals surface area (Å²) >= 11 is 1.50. The highest BCUT2D eigenvalue weighted by molar-refractivity contribution is 7.92. The minimum absolute atomic E-state index is 0.0641. The van der Waals surface area contributed by atoms with Gasteiger partial charge in [0.25, 0.3) is 15.9 Å². The first kappa shape index (κ1) is 21.8. The van der Waals surface area contributed by atoms with E-state index in [1.54, 1.807) is 12.1 Å². The van der Waals surface area contributed by atoms with Crippen LogP contribution in [-0.2, 0) is 16.6 Å². The molecule has 0 aliphatic rings. The molecule has 2 aromatic carbocycles. The molecular weight excluding hydrogens is 446 g/mol. The number of aryl methyl sites for hydroxylation is 2. The van der Waals surface area contributed by atoms with Crippen LogP contribution in [0.15, 0.2) is 69.8 Å². The Morgan fingerprint density at radius 2 is 1.81 bits per heavy atom. The average Bonchev–Trinajstić information content (AvgIpc) is 3.24. The number of pyridine rings is 1. The summed E-state index contributed by atoms with van der Waals surface area (Å²) in [4.78, 5) is 29.3. The number of aromatic nitrogens is 1. The fraction of sp³-hybridized carbons (Fsp3) is 0.130. The van der Waals surface area contributed by atoms with Gasteiger partial charge in [0.05, 0.1) is 11.4 Å². The van der Waals surface area contributed by atoms with Crippen LogP contribution in [0.3, 0.4) is 0 Å². The molecule has 7 nitrogen and oxygen atoms in total. The van der Waals surface area contributed by atoms with Crippen molar-refractivity contribution in [1.82, 2.24) is 10.3 Å². The number of sulfonamides is 1. The molecule has 164 valence electrons. The Kier molecular flexibility index (Phi) is 5.86. The molecule has 1 amide bonds. The third-order valence-corrected chi connectivity index (χ3v) is 7.14. The van der Waals surface area contributed by atoms with Crippen molar-refractivity contribution in [3.05, 3.63) is 91.9 Å². The molecule has 0 unspecified atom stereocenters. The lowest BCUT2D eigenvalue weighted by Gasteiger charge is -2.11. The van der Waals surface area contributed by atoms with Crippen molar-refractivity contribution in [3.63, 3.8) is 0 Å². The van der Waals surface area contributed by atoms with E-state index < -0.39 is 21.4 Å². The van der Waals surface area contributed by atoms with E-state index >= 15 is 0 Å². The lowest BCUT2D eigenvalue weighted by Crippen LogP contribution is -2.28. The van der Waals surface area contributed by atoms with Crippen molar-refractivity contribution in [3.8, 4) is 0 Å². The Labute approximate surface area is 189 Å². The zero-order valence-electron chi connectivity index (χ0n) is 17.4. The largest absolute Gasteiger partial charge is 0.360 e. The molecule has 0 radical (unpaired) electrons. The van der Waals surface area contributed by atoms with Crippen molar-refractivity contribution < 1.29 is 13.2 Å². The Balaban J connectivity index is 1.65. The van der Waals surface area contributed by atoms with Gasteiger partial charge in [0.15, 0.2) is 0 Å². The fourth-order valence-corrected chi connectivity index (χ4v) is 5.17. The van der Waals surface area contributed by atoms with Gasteiger partial charge in [-0.1, -0.05) is 12.1 Å². The van der Waals surface area contributed by atoms with Crippen LogP contribution in [0.25, 0.3) is 10.9 Å². The van der Waals surface area contributed by atoms with Gasteiger partial charge in [-0.3, -0.25) is 14.3 Å². The molecule has 4 rings (SSSR count). The number of hydrogen-bond acceptors (Lipinski definition) is 5. The maximum absolute atomic E-state index is 13.0. The molecule has 0 spiro atoms. The van der Waals surface area contributed by atoms with E-state index in [1.807, 2.05) is 37.4 Å². The van der Waals surface area contributed by atoms with Crippen LogP contribution in [-0.4, -0.2) is 19.3 Å². The molecule has 0 atom stereocenters. The van der Waals surface area contributed by atoms with E-state index in [4.69, 9.17) is 0 Å². The lowest BCUT2D eigenvalue weighted by atomic mass is 10.1. The molecule has 9 heteroatoms. The number of amides is 1. The van der Waals surface area contributed by atoms with E-state index in [1.165, 1.54) is 35.7 Å². The van der Waals surface area contributed by atoms with Gasteiger partial charge in [0.2, 0.25) is 5.43 Å². The van der Waals surface area contributed by atoms with Crippen LogP contribution >= 0.6 is 11.3 Å². The number of nitrogens with one attached hydrogen (secondary N) is 3. The summed E-state index contributed by atoms with van der Waals surface area (Å²) in [6, 6.07) is 13.4. The summed E-state index contributed by atoms with van der Waals surface area (Å²) in [5, 5.41) is 4.74. The van der Waals surface area contributed by atoms with Crippen molar-refractivity contribution in [2.75, 3.05) is 4.72 Å². The maximum atomic E-state index is 13.0. The SMILES string of the molecule is Cc1cc(C)cc(NS(=O)(=O)c2ccc3[nH]cc(C(=O)NCc4cccs4)c(=O)c3c2)c1. The van der Waals surface area contributed by atoms with Crippen molar-refractivity contribution >= 4 is 43.9 Å². The number of anilines is 1. The van der Waals surface area contributed by atoms with Crippen LogP contribution in [0.4, 0.5) is 5.69 Å². The Bertz CT molecular complexity index is 1450. The number of H-pyrrole nitrogens is 1. The molecule has 0 aliphatic carbocycles. The lowest BCUT2D eigenvalue weighted by molar-refractivity contribution is 0.0950. The predicted molar refractivity (Wildman–Crippen MR) is 127 cm³/mol. The van der Waals surface area contributed by atoms with Crippen LogP contribution in [0.2, 0.25) is 0 Å². The van der Waals surface area contributed by atoms with Crippen LogP contribution < -0.4 is 15.5 Å². The minimum atomic E-state index is -3.93. The predicted octanol–water partition coefficient (Wildman–Crippen LogP) is 3.94. The van der Waals surface area contributed by atoms with Gasteiger partial charge in [0.1, 0.15) is 5.56 Å². The number of thiophene rings is 1. The van der Waals surface area contributed by atoms with E-state index in [0.29, 0.717) is 17.7 Å². The molecule has 4 aromatic rings. The standard InChI is InChI=1S/C23H21N3O4S2/c1-14-8-15(2)10-16(9-14)26-32(29,30)18-5-6-21-19(11-18)22(27)20(13-24-21)23(28)25-12-17-4-3-7-31-17/h3-11,13,26H,12H2,1-2H3,(H,24,27)(H,25,28). The van der Waals surface area contributed by atoms with Crippen molar-refractivity contribution in [1.29, 1.82) is 0 Å². The van der Waals surface area contributed by atoms with Gasteiger partial charge in [0, 0.05) is 27.7 Å². The van der Waals surface area contributed by atoms with Gasteiger partial charge in [-0.05, 0) is 66.8 Å². The van der Waals surface area contributed by atoms with Crippen molar-refractivity contribution in [2.24, 2.45) is 0 Å². The second-order valence-electron chi connectivity index (χ2n) is 7.48. The Hall–Kier alpha value is -3.43. The summed E-state index contributed by atoms with van der Waals surface area (Å²) in [5.74, 6) is -0.525. The smallest absolute Gasteiger partial charge is 0.261 e. The maximum Gasteiger partial charge on any atom is 0.261 e. The van der Waals surface area contributed by atoms with Gasteiger partial charge >= 0.3 is 0 Å². The molecule has 0 fully saturated rings. The highest BCUT2D eigenvalue weighted by atomic mass is 32.2. The molecule has 0 aliphatic heterocycles. The summed E-state index contributed by atoms with van der Waals surface area (Å²) in [7, 11) is -3.93. The first-order valence-electron chi connectivity index (χ1n) is 9.80. The molecule has 0 saturated carbocycles. The summed E-state index contributed by atoms with van der Waals surface area (Å²) < 4.78 is 28.4. The molecule has 2 heterocycles. The zero-order valence-corrected chi connectivity index (χ0v) is 19.1. The quantitative estimate of drug-likeness (QED) is 0.399. The van der Waals surface area contributed by atoms with Crippen LogP contribution in [0.1, 0.15) is 26.4 Å². The van der Waals surface area contributed by atoms with Crippen LogP contribution in [0.5, 0.6) is 0 Å². The van der Waals surface area contributed by atoms with E-state index in [2.05, 4.69) is 15.0 Å². The number of carbonyl (C=O) groups excluding carboxylic acids is 1. The topological polar surface area (TPSA) is 108 Å². The average molecular weight is 468 g/mol. The van der Waals surface area contributed by atoms with Gasteiger partial charge < -0.3 is 10.3 Å². The number of benzene rings is 2. The zero-order chi connectivity index (χ0) is 22.9. The molecule has 0 bridgehead atoms. The fourth-order valence-electron chi connectivity index (χ4n) is 3.46. The second-order valence-corrected chi connectivity index (χ2v) is 10.2. The highest BCUT2D eigenvalue weighted by Crippen LogP contribution is 2.21. The third-order valence-electron chi connectivity index (χ3n) is 4.88. The second kappa shape index (κ2) is 8.60. The molecule has 0 saturated heterocycles. The Morgan fingerprint density at radius 1 is 1.06 bits per heavy atom. The summed E-state index contributed by atoms with van der Waals surface area (Å²) in [6.45, 7) is 4.07. The monoisotopic (exact) mass is 467 g/mol.